The number of aromatic hydroxyl groups is 2. The van der Waals surface area contributed by atoms with Crippen molar-refractivity contribution in [3.63, 3.8) is 0 Å². The molecule has 0 amide bonds. The smallest absolute Gasteiger partial charge is 0.141 e. The number of fused-ring (bicyclic) bond motifs is 4. The highest BCUT2D eigenvalue weighted by Gasteiger charge is 2.26. The van der Waals surface area contributed by atoms with E-state index in [1.165, 1.54) is 27.5 Å². The third-order valence-electron chi connectivity index (χ3n) is 9.75. The zero-order valence-electron chi connectivity index (χ0n) is 26.6. The van der Waals surface area contributed by atoms with Gasteiger partial charge in [-0.1, -0.05) is 91.0 Å². The minimum atomic E-state index is -0.0463. The molecule has 9 aromatic rings. The van der Waals surface area contributed by atoms with Gasteiger partial charge in [-0.05, 0) is 64.2 Å². The van der Waals surface area contributed by atoms with Crippen LogP contribution in [0.25, 0.3) is 43.6 Å². The quantitative estimate of drug-likeness (QED) is 0.183. The molecule has 0 aliphatic heterocycles. The summed E-state index contributed by atoms with van der Waals surface area (Å²) < 4.78 is 4.66. The average molecular weight is 637 g/mol. The lowest BCUT2D eigenvalue weighted by Crippen LogP contribution is -2.04. The van der Waals surface area contributed by atoms with E-state index in [4.69, 9.17) is 0 Å². The fourth-order valence-electron chi connectivity index (χ4n) is 7.52. The Morgan fingerprint density at radius 1 is 0.469 bits per heavy atom. The van der Waals surface area contributed by atoms with E-state index in [0.717, 1.165) is 32.9 Å². The number of para-hydroxylation sites is 2. The Balaban J connectivity index is 1.23. The summed E-state index contributed by atoms with van der Waals surface area (Å²) in [5.41, 5.74) is 9.38. The molecule has 0 saturated heterocycles. The topological polar surface area (TPSA) is 76.1 Å². The lowest BCUT2D eigenvalue weighted by atomic mass is 9.85. The molecule has 0 aliphatic carbocycles. The zero-order chi connectivity index (χ0) is 32.9. The molecule has 0 saturated carbocycles. The number of hydrogen-bond donors (Lipinski definition) is 2. The second kappa shape index (κ2) is 11.7. The highest BCUT2D eigenvalue weighted by molar-refractivity contribution is 5.92. The summed E-state index contributed by atoms with van der Waals surface area (Å²) in [5, 5.41) is 25.3. The molecule has 4 aromatic heterocycles. The average Bonchev–Trinajstić information content (AvgIpc) is 3.70. The maximum absolute atomic E-state index is 10.5. The van der Waals surface area contributed by atoms with E-state index < -0.39 is 0 Å². The number of aromatic nitrogens is 4. The first-order valence-electron chi connectivity index (χ1n) is 16.5. The zero-order valence-corrected chi connectivity index (χ0v) is 26.6. The Labute approximate surface area is 282 Å². The Bertz CT molecular complexity index is 2490. The van der Waals surface area contributed by atoms with Gasteiger partial charge in [0.15, 0.2) is 0 Å². The number of phenols is 2. The molecule has 0 unspecified atom stereocenters. The van der Waals surface area contributed by atoms with E-state index in [0.29, 0.717) is 24.1 Å². The summed E-state index contributed by atoms with van der Waals surface area (Å²) in [6.07, 6.45) is 8.05. The van der Waals surface area contributed by atoms with Gasteiger partial charge in [0.25, 0.3) is 0 Å². The van der Waals surface area contributed by atoms with Crippen LogP contribution in [0.5, 0.6) is 11.5 Å². The van der Waals surface area contributed by atoms with Crippen LogP contribution in [0.2, 0.25) is 0 Å². The fraction of sp³-hybridized carbons (Fsp3) is 0.0698. The molecule has 2 N–H and O–H groups in total. The maximum atomic E-state index is 10.5. The molecule has 0 aliphatic rings. The van der Waals surface area contributed by atoms with Crippen LogP contribution in [0.15, 0.2) is 152 Å². The third kappa shape index (κ3) is 4.88. The second-order valence-electron chi connectivity index (χ2n) is 12.6. The Morgan fingerprint density at radius 2 is 0.918 bits per heavy atom. The molecule has 0 fully saturated rings. The summed E-state index contributed by atoms with van der Waals surface area (Å²) in [6.45, 7) is 1.27. The van der Waals surface area contributed by atoms with Crippen LogP contribution in [0.1, 0.15) is 33.7 Å². The van der Waals surface area contributed by atoms with Crippen LogP contribution >= 0.6 is 0 Å². The van der Waals surface area contributed by atoms with E-state index in [1.807, 2.05) is 36.4 Å². The molecule has 4 heterocycles. The van der Waals surface area contributed by atoms with Gasteiger partial charge in [0.05, 0.1) is 0 Å². The molecular formula is C43H32N4O2. The van der Waals surface area contributed by atoms with Gasteiger partial charge >= 0.3 is 0 Å². The predicted octanol–water partition coefficient (Wildman–Crippen LogP) is 9.38. The van der Waals surface area contributed by atoms with Gasteiger partial charge in [-0.2, -0.15) is 0 Å². The third-order valence-corrected chi connectivity index (χ3v) is 9.75. The summed E-state index contributed by atoms with van der Waals surface area (Å²) in [6, 6.07) is 43.4. The largest absolute Gasteiger partial charge is 0.506 e. The number of rotatable bonds is 7. The summed E-state index contributed by atoms with van der Waals surface area (Å²) >= 11 is 0. The summed E-state index contributed by atoms with van der Waals surface area (Å²) in [7, 11) is 0. The van der Waals surface area contributed by atoms with Gasteiger partial charge in [-0.3, -0.25) is 9.97 Å². The van der Waals surface area contributed by atoms with Crippen LogP contribution in [-0.4, -0.2) is 29.3 Å². The van der Waals surface area contributed by atoms with Gasteiger partial charge in [0.2, 0.25) is 0 Å². The molecule has 6 nitrogen and oxygen atoms in total. The van der Waals surface area contributed by atoms with Crippen LogP contribution in [0, 0.1) is 0 Å². The number of benzene rings is 5. The van der Waals surface area contributed by atoms with E-state index in [2.05, 4.69) is 110 Å². The van der Waals surface area contributed by atoms with Crippen molar-refractivity contribution in [2.45, 2.75) is 19.0 Å². The molecule has 6 heteroatoms. The van der Waals surface area contributed by atoms with E-state index in [1.54, 1.807) is 24.5 Å². The molecule has 0 radical (unpaired) electrons. The first-order chi connectivity index (χ1) is 24.1. The summed E-state index contributed by atoms with van der Waals surface area (Å²) in [4.78, 5) is 8.93. The van der Waals surface area contributed by atoms with Crippen LogP contribution in [-0.2, 0) is 13.1 Å². The van der Waals surface area contributed by atoms with Crippen molar-refractivity contribution in [1.82, 2.24) is 19.1 Å². The van der Waals surface area contributed by atoms with Crippen molar-refractivity contribution >= 4 is 43.6 Å². The maximum Gasteiger partial charge on any atom is 0.141 e. The highest BCUT2D eigenvalue weighted by atomic mass is 16.3. The molecule has 0 atom stereocenters. The van der Waals surface area contributed by atoms with Gasteiger partial charge in [-0.25, -0.2) is 0 Å². The van der Waals surface area contributed by atoms with Gasteiger partial charge < -0.3 is 19.3 Å². The molecule has 0 spiro atoms. The van der Waals surface area contributed by atoms with Crippen molar-refractivity contribution < 1.29 is 10.2 Å². The lowest BCUT2D eigenvalue weighted by Gasteiger charge is -2.17. The van der Waals surface area contributed by atoms with E-state index in [-0.39, 0.29) is 17.4 Å². The molecule has 9 rings (SSSR count). The van der Waals surface area contributed by atoms with Gasteiger partial charge in [-0.15, -0.1) is 0 Å². The van der Waals surface area contributed by atoms with Crippen molar-refractivity contribution in [1.29, 1.82) is 0 Å². The standard InChI is InChI=1S/C43H32N4O2/c48-39-20-18-29(31-14-8-22-44-42(31)39)24-46-26-35(33-12-4-6-16-37(33)46)41(28-10-2-1-3-11-28)36-27-47(38-17-7-5-13-34(36)38)25-30-19-21-40(49)43-32(30)15-9-23-45-43/h1-23,26-27,41,48-49H,24-25H2. The van der Waals surface area contributed by atoms with Crippen molar-refractivity contribution in [3.05, 3.63) is 180 Å². The number of pyridine rings is 2. The number of nitrogens with zero attached hydrogens (tertiary/aromatic N) is 4. The minimum Gasteiger partial charge on any atom is -0.506 e. The monoisotopic (exact) mass is 636 g/mol. The Hall–Kier alpha value is -6.40. The predicted molar refractivity (Wildman–Crippen MR) is 196 cm³/mol. The van der Waals surface area contributed by atoms with Crippen LogP contribution < -0.4 is 0 Å². The SMILES string of the molecule is Oc1ccc(Cn2cc(C(c3ccccc3)c3cn(Cc4ccc(O)c5ncccc45)c4ccccc34)c3ccccc32)c2cccnc12. The molecular weight excluding hydrogens is 604 g/mol. The van der Waals surface area contributed by atoms with E-state index in [9.17, 15) is 10.2 Å². The fourth-order valence-corrected chi connectivity index (χ4v) is 7.52. The Morgan fingerprint density at radius 3 is 1.43 bits per heavy atom. The van der Waals surface area contributed by atoms with Crippen molar-refractivity contribution in [3.8, 4) is 11.5 Å². The van der Waals surface area contributed by atoms with E-state index >= 15 is 0 Å². The first kappa shape index (κ1) is 28.8. The minimum absolute atomic E-state index is 0.0463. The van der Waals surface area contributed by atoms with Gasteiger partial charge in [0, 0.05) is 76.4 Å². The normalized spacial score (nSPS) is 11.8. The van der Waals surface area contributed by atoms with Crippen LogP contribution in [0.4, 0.5) is 0 Å². The highest BCUT2D eigenvalue weighted by Crippen LogP contribution is 2.42. The lowest BCUT2D eigenvalue weighted by molar-refractivity contribution is 0.479. The van der Waals surface area contributed by atoms with Crippen molar-refractivity contribution in [2.24, 2.45) is 0 Å². The molecule has 0 bridgehead atoms. The van der Waals surface area contributed by atoms with Crippen LogP contribution in [0.3, 0.4) is 0 Å². The van der Waals surface area contributed by atoms with Crippen molar-refractivity contribution in [2.75, 3.05) is 0 Å². The first-order valence-corrected chi connectivity index (χ1v) is 16.5. The van der Waals surface area contributed by atoms with Gasteiger partial charge in [0.1, 0.15) is 22.5 Å². The molecule has 49 heavy (non-hydrogen) atoms. The Kier molecular flexibility index (Phi) is 6.87. The number of phenolic OH excluding ortho intramolecular Hbond substituents is 2. The summed E-state index contributed by atoms with van der Waals surface area (Å²) in [5.74, 6) is 0.332. The number of hydrogen-bond acceptors (Lipinski definition) is 4. The second-order valence-corrected chi connectivity index (χ2v) is 12.6. The molecule has 236 valence electrons. The molecule has 5 aromatic carbocycles.